The standard InChI is InChI=1S/C18H20ClNO5S/c1-18(2,12-4-6-14-16(10-12)25-9-8-24-14)20-26(21,22)17-11-13(19)5-7-15(17)23-3/h4-7,10-11,20H,8-9H2,1-3H3. The van der Waals surface area contributed by atoms with E-state index in [1.54, 1.807) is 32.0 Å². The van der Waals surface area contributed by atoms with E-state index in [0.29, 0.717) is 29.7 Å². The molecular weight excluding hydrogens is 378 g/mol. The van der Waals surface area contributed by atoms with Crippen molar-refractivity contribution >= 4 is 21.6 Å². The normalized spacial score (nSPS) is 14.2. The van der Waals surface area contributed by atoms with E-state index < -0.39 is 15.6 Å². The van der Waals surface area contributed by atoms with Crippen molar-refractivity contribution in [3.05, 3.63) is 47.0 Å². The van der Waals surface area contributed by atoms with Crippen LogP contribution in [-0.2, 0) is 15.6 Å². The van der Waals surface area contributed by atoms with Crippen LogP contribution in [0.4, 0.5) is 0 Å². The Balaban J connectivity index is 1.95. The van der Waals surface area contributed by atoms with Gasteiger partial charge in [-0.2, -0.15) is 0 Å². The Morgan fingerprint density at radius 3 is 2.46 bits per heavy atom. The third kappa shape index (κ3) is 3.75. The summed E-state index contributed by atoms with van der Waals surface area (Å²) in [5, 5.41) is 0.309. The van der Waals surface area contributed by atoms with Gasteiger partial charge in [0.25, 0.3) is 0 Å². The molecule has 0 atom stereocenters. The Kier molecular flexibility index (Phi) is 5.05. The van der Waals surface area contributed by atoms with Crippen molar-refractivity contribution in [2.75, 3.05) is 20.3 Å². The maximum Gasteiger partial charge on any atom is 0.245 e. The number of benzene rings is 2. The van der Waals surface area contributed by atoms with Gasteiger partial charge in [0.2, 0.25) is 10.0 Å². The Labute approximate surface area is 158 Å². The molecule has 1 aliphatic heterocycles. The lowest BCUT2D eigenvalue weighted by atomic mass is 9.95. The SMILES string of the molecule is COc1ccc(Cl)cc1S(=O)(=O)NC(C)(C)c1ccc2c(c1)OCCO2. The highest BCUT2D eigenvalue weighted by atomic mass is 35.5. The van der Waals surface area contributed by atoms with Crippen LogP contribution in [0.3, 0.4) is 0 Å². The van der Waals surface area contributed by atoms with E-state index in [1.165, 1.54) is 19.2 Å². The van der Waals surface area contributed by atoms with Crippen molar-refractivity contribution in [2.45, 2.75) is 24.3 Å². The van der Waals surface area contributed by atoms with Crippen molar-refractivity contribution in [3.63, 3.8) is 0 Å². The van der Waals surface area contributed by atoms with Gasteiger partial charge < -0.3 is 14.2 Å². The number of hydrogen-bond acceptors (Lipinski definition) is 5. The monoisotopic (exact) mass is 397 g/mol. The highest BCUT2D eigenvalue weighted by Crippen LogP contribution is 2.35. The highest BCUT2D eigenvalue weighted by Gasteiger charge is 2.31. The second-order valence-corrected chi connectivity index (χ2v) is 8.47. The first-order valence-electron chi connectivity index (χ1n) is 8.00. The summed E-state index contributed by atoms with van der Waals surface area (Å²) in [6, 6.07) is 9.83. The maximum absolute atomic E-state index is 12.9. The van der Waals surface area contributed by atoms with Crippen LogP contribution in [0.5, 0.6) is 17.2 Å². The number of hydrogen-bond donors (Lipinski definition) is 1. The van der Waals surface area contributed by atoms with E-state index in [0.717, 1.165) is 5.56 Å². The van der Waals surface area contributed by atoms with E-state index in [-0.39, 0.29) is 10.6 Å². The van der Waals surface area contributed by atoms with Crippen LogP contribution in [0.2, 0.25) is 5.02 Å². The lowest BCUT2D eigenvalue weighted by molar-refractivity contribution is 0.171. The van der Waals surface area contributed by atoms with Gasteiger partial charge in [-0.3, -0.25) is 0 Å². The number of methoxy groups -OCH3 is 1. The van der Waals surface area contributed by atoms with Crippen molar-refractivity contribution in [3.8, 4) is 17.2 Å². The van der Waals surface area contributed by atoms with Crippen LogP contribution in [0, 0.1) is 0 Å². The molecule has 3 rings (SSSR count). The number of nitrogens with one attached hydrogen (secondary N) is 1. The molecule has 2 aromatic rings. The number of rotatable bonds is 5. The lowest BCUT2D eigenvalue weighted by Gasteiger charge is -2.28. The maximum atomic E-state index is 12.9. The predicted octanol–water partition coefficient (Wildman–Crippen LogP) is 3.33. The van der Waals surface area contributed by atoms with E-state index in [4.69, 9.17) is 25.8 Å². The molecule has 0 aliphatic carbocycles. The average Bonchev–Trinajstić information content (AvgIpc) is 2.60. The van der Waals surface area contributed by atoms with Gasteiger partial charge in [0, 0.05) is 5.02 Å². The summed E-state index contributed by atoms with van der Waals surface area (Å²) >= 11 is 5.97. The van der Waals surface area contributed by atoms with Gasteiger partial charge in [-0.25, -0.2) is 13.1 Å². The minimum atomic E-state index is -3.88. The van der Waals surface area contributed by atoms with Crippen molar-refractivity contribution in [1.82, 2.24) is 4.72 Å². The molecule has 8 heteroatoms. The molecule has 6 nitrogen and oxygen atoms in total. The molecule has 0 unspecified atom stereocenters. The van der Waals surface area contributed by atoms with Gasteiger partial charge in [0.15, 0.2) is 11.5 Å². The minimum Gasteiger partial charge on any atom is -0.495 e. The number of fused-ring (bicyclic) bond motifs is 1. The molecule has 0 amide bonds. The molecule has 0 fully saturated rings. The smallest absolute Gasteiger partial charge is 0.245 e. The molecular formula is C18H20ClNO5S. The fraction of sp³-hybridized carbons (Fsp3) is 0.333. The molecule has 0 aromatic heterocycles. The van der Waals surface area contributed by atoms with Crippen LogP contribution >= 0.6 is 11.6 Å². The molecule has 1 heterocycles. The molecule has 0 bridgehead atoms. The molecule has 1 N–H and O–H groups in total. The number of sulfonamides is 1. The Morgan fingerprint density at radius 1 is 1.08 bits per heavy atom. The summed E-state index contributed by atoms with van der Waals surface area (Å²) in [5.41, 5.74) is -0.159. The number of ether oxygens (including phenoxy) is 3. The Hall–Kier alpha value is -1.96. The molecule has 0 saturated heterocycles. The van der Waals surface area contributed by atoms with Crippen LogP contribution in [0.1, 0.15) is 19.4 Å². The quantitative estimate of drug-likeness (QED) is 0.837. The van der Waals surface area contributed by atoms with Crippen LogP contribution in [-0.4, -0.2) is 28.7 Å². The van der Waals surface area contributed by atoms with Crippen LogP contribution in [0.25, 0.3) is 0 Å². The molecule has 2 aromatic carbocycles. The first-order valence-corrected chi connectivity index (χ1v) is 9.87. The third-order valence-electron chi connectivity index (χ3n) is 4.07. The van der Waals surface area contributed by atoms with E-state index >= 15 is 0 Å². The molecule has 0 saturated carbocycles. The van der Waals surface area contributed by atoms with Gasteiger partial charge in [0.1, 0.15) is 23.9 Å². The summed E-state index contributed by atoms with van der Waals surface area (Å²) in [6.07, 6.45) is 0. The second-order valence-electron chi connectivity index (χ2n) is 6.38. The molecule has 1 aliphatic rings. The van der Waals surface area contributed by atoms with E-state index in [2.05, 4.69) is 4.72 Å². The fourth-order valence-corrected chi connectivity index (χ4v) is 4.58. The summed E-state index contributed by atoms with van der Waals surface area (Å²) in [4.78, 5) is -0.0156. The van der Waals surface area contributed by atoms with Gasteiger partial charge in [-0.15, -0.1) is 0 Å². The highest BCUT2D eigenvalue weighted by molar-refractivity contribution is 7.89. The zero-order valence-electron chi connectivity index (χ0n) is 14.7. The van der Waals surface area contributed by atoms with E-state index in [1.807, 2.05) is 6.07 Å². The topological polar surface area (TPSA) is 73.9 Å². The summed E-state index contributed by atoms with van der Waals surface area (Å²) in [7, 11) is -2.47. The lowest BCUT2D eigenvalue weighted by Crippen LogP contribution is -2.41. The first kappa shape index (κ1) is 18.8. The summed E-state index contributed by atoms with van der Waals surface area (Å²) < 4.78 is 44.8. The third-order valence-corrected chi connectivity index (χ3v) is 5.98. The van der Waals surface area contributed by atoms with Gasteiger partial charge in [0.05, 0.1) is 12.6 Å². The molecule has 26 heavy (non-hydrogen) atoms. The van der Waals surface area contributed by atoms with Crippen LogP contribution < -0.4 is 18.9 Å². The molecule has 0 radical (unpaired) electrons. The second kappa shape index (κ2) is 6.98. The minimum absolute atomic E-state index is 0.0156. The molecule has 0 spiro atoms. The van der Waals surface area contributed by atoms with Gasteiger partial charge in [-0.05, 0) is 49.7 Å². The first-order chi connectivity index (χ1) is 12.2. The zero-order valence-corrected chi connectivity index (χ0v) is 16.3. The Bertz CT molecular complexity index is 927. The zero-order chi connectivity index (χ0) is 18.9. The van der Waals surface area contributed by atoms with E-state index in [9.17, 15) is 8.42 Å². The van der Waals surface area contributed by atoms with Crippen LogP contribution in [0.15, 0.2) is 41.3 Å². The number of halogens is 1. The van der Waals surface area contributed by atoms with Crippen molar-refractivity contribution < 1.29 is 22.6 Å². The fourth-order valence-electron chi connectivity index (χ4n) is 2.74. The summed E-state index contributed by atoms with van der Waals surface area (Å²) in [6.45, 7) is 4.50. The Morgan fingerprint density at radius 2 is 1.77 bits per heavy atom. The molecule has 140 valence electrons. The largest absolute Gasteiger partial charge is 0.495 e. The van der Waals surface area contributed by atoms with Gasteiger partial charge in [-0.1, -0.05) is 17.7 Å². The van der Waals surface area contributed by atoms with Crippen molar-refractivity contribution in [1.29, 1.82) is 0 Å². The van der Waals surface area contributed by atoms with Crippen molar-refractivity contribution in [2.24, 2.45) is 0 Å². The average molecular weight is 398 g/mol. The summed E-state index contributed by atoms with van der Waals surface area (Å²) in [5.74, 6) is 1.47. The van der Waals surface area contributed by atoms with Gasteiger partial charge >= 0.3 is 0 Å². The predicted molar refractivity (Wildman–Crippen MR) is 98.8 cm³/mol.